The minimum atomic E-state index is -0.272. The van der Waals surface area contributed by atoms with Gasteiger partial charge in [-0.05, 0) is 38.3 Å². The van der Waals surface area contributed by atoms with Crippen LogP contribution in [0.25, 0.3) is 10.2 Å². The Morgan fingerprint density at radius 2 is 2.18 bits per heavy atom. The number of fused-ring (bicyclic) bond motifs is 1. The van der Waals surface area contributed by atoms with Crippen LogP contribution >= 0.6 is 11.3 Å². The van der Waals surface area contributed by atoms with E-state index in [1.54, 1.807) is 4.68 Å². The van der Waals surface area contributed by atoms with Crippen molar-refractivity contribution in [3.8, 4) is 6.07 Å². The molecule has 0 radical (unpaired) electrons. The average Bonchev–Trinajstić information content (AvgIpc) is 3.22. The fourth-order valence-electron chi connectivity index (χ4n) is 3.12. The lowest BCUT2D eigenvalue weighted by molar-refractivity contribution is -0.117. The summed E-state index contributed by atoms with van der Waals surface area (Å²) < 4.78 is 2.95. The molecule has 0 atom stereocenters. The van der Waals surface area contributed by atoms with Crippen LogP contribution in [0.15, 0.2) is 17.2 Å². The van der Waals surface area contributed by atoms with Crippen molar-refractivity contribution >= 4 is 27.5 Å². The van der Waals surface area contributed by atoms with E-state index in [1.165, 1.54) is 17.7 Å². The van der Waals surface area contributed by atoms with Crippen molar-refractivity contribution in [2.24, 2.45) is 0 Å². The van der Waals surface area contributed by atoms with Crippen molar-refractivity contribution in [3.63, 3.8) is 0 Å². The first-order valence-electron chi connectivity index (χ1n) is 9.14. The van der Waals surface area contributed by atoms with Crippen molar-refractivity contribution < 1.29 is 4.79 Å². The van der Waals surface area contributed by atoms with Gasteiger partial charge in [-0.2, -0.15) is 10.4 Å². The smallest absolute Gasteiger partial charge is 0.273 e. The number of rotatable bonds is 7. The lowest BCUT2D eigenvalue weighted by Crippen LogP contribution is -2.33. The number of hydrogen-bond donors (Lipinski definition) is 1. The maximum Gasteiger partial charge on any atom is 0.280 e. The first kappa shape index (κ1) is 19.8. The van der Waals surface area contributed by atoms with Gasteiger partial charge in [-0.25, -0.2) is 9.66 Å². The highest BCUT2D eigenvalue weighted by molar-refractivity contribution is 7.18. The number of aryl methyl sites for hydroxylation is 3. The maximum absolute atomic E-state index is 12.6. The van der Waals surface area contributed by atoms with Crippen LogP contribution in [0.2, 0.25) is 0 Å². The number of nitrogens with zero attached hydrogens (tertiary/aromatic N) is 5. The monoisotopic (exact) mass is 398 g/mol. The predicted octanol–water partition coefficient (Wildman–Crippen LogP) is 2.45. The molecule has 3 aromatic heterocycles. The topological polar surface area (TPSA) is 106 Å². The molecular formula is C19H22N6O2S. The lowest BCUT2D eigenvalue weighted by atomic mass is 10.1. The summed E-state index contributed by atoms with van der Waals surface area (Å²) >= 11 is 1.49. The van der Waals surface area contributed by atoms with Crippen molar-refractivity contribution in [3.05, 3.63) is 44.6 Å². The average molecular weight is 398 g/mol. The number of nitriles is 1. The second kappa shape index (κ2) is 8.35. The molecule has 0 fully saturated rings. The van der Waals surface area contributed by atoms with E-state index in [1.807, 2.05) is 26.8 Å². The third-order valence-electron chi connectivity index (χ3n) is 4.67. The normalized spacial score (nSPS) is 10.9. The largest absolute Gasteiger partial charge is 0.280 e. The maximum atomic E-state index is 12.6. The third kappa shape index (κ3) is 3.97. The van der Waals surface area contributed by atoms with Crippen molar-refractivity contribution in [2.75, 3.05) is 5.43 Å². The van der Waals surface area contributed by atoms with Crippen LogP contribution in [0, 0.1) is 25.2 Å². The molecule has 0 aromatic carbocycles. The molecule has 1 N–H and O–H groups in total. The molecule has 0 saturated heterocycles. The number of hydrogen-bond acceptors (Lipinski definition) is 6. The minimum Gasteiger partial charge on any atom is -0.273 e. The molecule has 9 heteroatoms. The first-order valence-corrected chi connectivity index (χ1v) is 9.96. The SMILES string of the molecule is CCc1cc2c(=O)n(NC(=O)CCc3c(C)nn(CCC#N)c3C)cnc2s1. The van der Waals surface area contributed by atoms with Gasteiger partial charge in [0.25, 0.3) is 5.56 Å². The summed E-state index contributed by atoms with van der Waals surface area (Å²) in [7, 11) is 0. The number of carbonyl (C=O) groups excluding carboxylic acids is 1. The van der Waals surface area contributed by atoms with Crippen LogP contribution in [0.5, 0.6) is 0 Å². The summed E-state index contributed by atoms with van der Waals surface area (Å²) in [5.74, 6) is -0.266. The van der Waals surface area contributed by atoms with E-state index < -0.39 is 0 Å². The van der Waals surface area contributed by atoms with Gasteiger partial charge >= 0.3 is 0 Å². The van der Waals surface area contributed by atoms with E-state index in [9.17, 15) is 9.59 Å². The molecule has 0 aliphatic carbocycles. The fraction of sp³-hybridized carbons (Fsp3) is 0.421. The van der Waals surface area contributed by atoms with Gasteiger partial charge in [0.05, 0.1) is 30.1 Å². The Kier molecular flexibility index (Phi) is 5.90. The highest BCUT2D eigenvalue weighted by atomic mass is 32.1. The zero-order valence-corrected chi connectivity index (χ0v) is 17.0. The summed E-state index contributed by atoms with van der Waals surface area (Å²) in [6.45, 7) is 6.40. The molecule has 1 amide bonds. The van der Waals surface area contributed by atoms with Crippen LogP contribution in [0.3, 0.4) is 0 Å². The summed E-state index contributed by atoms with van der Waals surface area (Å²) in [5, 5.41) is 13.7. The molecule has 146 valence electrons. The van der Waals surface area contributed by atoms with Crippen LogP contribution in [0.1, 0.15) is 41.6 Å². The van der Waals surface area contributed by atoms with Gasteiger partial charge < -0.3 is 0 Å². The van der Waals surface area contributed by atoms with Gasteiger partial charge in [0.1, 0.15) is 11.2 Å². The lowest BCUT2D eigenvalue weighted by Gasteiger charge is -2.08. The Balaban J connectivity index is 1.69. The molecule has 0 aliphatic heterocycles. The summed E-state index contributed by atoms with van der Waals surface area (Å²) in [5.41, 5.74) is 5.16. The quantitative estimate of drug-likeness (QED) is 0.658. The van der Waals surface area contributed by atoms with Crippen LogP contribution < -0.4 is 11.0 Å². The van der Waals surface area contributed by atoms with E-state index in [0.717, 1.165) is 32.9 Å². The number of aromatic nitrogens is 4. The van der Waals surface area contributed by atoms with E-state index in [0.29, 0.717) is 29.6 Å². The summed E-state index contributed by atoms with van der Waals surface area (Å²) in [4.78, 5) is 31.0. The Morgan fingerprint density at radius 1 is 1.39 bits per heavy atom. The minimum absolute atomic E-state index is 0.222. The van der Waals surface area contributed by atoms with Gasteiger partial charge in [0.2, 0.25) is 5.91 Å². The van der Waals surface area contributed by atoms with Crippen LogP contribution in [0.4, 0.5) is 0 Å². The molecule has 3 rings (SSSR count). The number of carbonyl (C=O) groups is 1. The molecule has 8 nitrogen and oxygen atoms in total. The van der Waals surface area contributed by atoms with Gasteiger partial charge in [-0.3, -0.25) is 19.7 Å². The molecule has 0 aliphatic rings. The van der Waals surface area contributed by atoms with Crippen molar-refractivity contribution in [1.82, 2.24) is 19.4 Å². The molecule has 0 unspecified atom stereocenters. The van der Waals surface area contributed by atoms with E-state index >= 15 is 0 Å². The van der Waals surface area contributed by atoms with Crippen molar-refractivity contribution in [2.45, 2.75) is 53.0 Å². The second-order valence-electron chi connectivity index (χ2n) is 6.52. The highest BCUT2D eigenvalue weighted by Crippen LogP contribution is 2.21. The number of thiophene rings is 1. The molecule has 0 bridgehead atoms. The fourth-order valence-corrected chi connectivity index (χ4v) is 4.05. The number of amides is 1. The molecule has 28 heavy (non-hydrogen) atoms. The third-order valence-corrected chi connectivity index (χ3v) is 5.85. The van der Waals surface area contributed by atoms with Crippen LogP contribution in [-0.2, 0) is 24.2 Å². The molecule has 3 aromatic rings. The Bertz CT molecular complexity index is 1120. The van der Waals surface area contributed by atoms with Gasteiger partial charge in [0.15, 0.2) is 0 Å². The molecular weight excluding hydrogens is 376 g/mol. The highest BCUT2D eigenvalue weighted by Gasteiger charge is 2.14. The van der Waals surface area contributed by atoms with Gasteiger partial charge in [-0.1, -0.05) is 6.92 Å². The second-order valence-corrected chi connectivity index (χ2v) is 7.64. The van der Waals surface area contributed by atoms with E-state index in [2.05, 4.69) is 21.6 Å². The summed E-state index contributed by atoms with van der Waals surface area (Å²) in [6, 6.07) is 3.94. The van der Waals surface area contributed by atoms with E-state index in [-0.39, 0.29) is 17.9 Å². The van der Waals surface area contributed by atoms with Gasteiger partial charge in [0, 0.05) is 17.0 Å². The molecule has 0 saturated carbocycles. The Hall–Kier alpha value is -2.99. The zero-order valence-electron chi connectivity index (χ0n) is 16.2. The van der Waals surface area contributed by atoms with Crippen molar-refractivity contribution in [1.29, 1.82) is 5.26 Å². The first-order chi connectivity index (χ1) is 13.4. The molecule has 0 spiro atoms. The predicted molar refractivity (Wildman–Crippen MR) is 108 cm³/mol. The van der Waals surface area contributed by atoms with Gasteiger partial charge in [-0.15, -0.1) is 11.3 Å². The zero-order chi connectivity index (χ0) is 20.3. The number of nitrogens with one attached hydrogen (secondary N) is 1. The Morgan fingerprint density at radius 3 is 2.89 bits per heavy atom. The van der Waals surface area contributed by atoms with E-state index in [4.69, 9.17) is 5.26 Å². The van der Waals surface area contributed by atoms with Crippen LogP contribution in [-0.4, -0.2) is 25.3 Å². The standard InChI is InChI=1S/C19H22N6O2S/c1-4-14-10-16-18(28-14)21-11-25(19(16)27)23-17(26)7-6-15-12(2)22-24(13(15)3)9-5-8-20/h10-11H,4-7,9H2,1-3H3,(H,23,26). The molecule has 3 heterocycles. The Labute approximate surface area is 166 Å². The summed E-state index contributed by atoms with van der Waals surface area (Å²) in [6.07, 6.45) is 3.32.